The van der Waals surface area contributed by atoms with E-state index in [-0.39, 0.29) is 18.1 Å². The molecule has 0 aliphatic carbocycles. The SMILES string of the molecule is COc1ccc(CS(=O)(=O)C2C(CC(N)=O)C(=O)N2CCCCCCc2ccc(Cl)cc2)cc1. The highest BCUT2D eigenvalue weighted by Crippen LogP contribution is 2.35. The molecule has 2 unspecified atom stereocenters. The minimum absolute atomic E-state index is 0.220. The van der Waals surface area contributed by atoms with Crippen LogP contribution >= 0.6 is 11.6 Å². The number of nitrogens with two attached hydrogens (primary N) is 1. The molecule has 0 radical (unpaired) electrons. The highest BCUT2D eigenvalue weighted by Gasteiger charge is 2.54. The quantitative estimate of drug-likeness (QED) is 0.329. The summed E-state index contributed by atoms with van der Waals surface area (Å²) in [5.74, 6) is -1.50. The summed E-state index contributed by atoms with van der Waals surface area (Å²) < 4.78 is 31.5. The maximum Gasteiger partial charge on any atom is 0.230 e. The Hall–Kier alpha value is -2.58. The van der Waals surface area contributed by atoms with E-state index < -0.39 is 27.0 Å². The van der Waals surface area contributed by atoms with Gasteiger partial charge in [-0.3, -0.25) is 9.59 Å². The van der Waals surface area contributed by atoms with Crippen molar-refractivity contribution in [1.82, 2.24) is 4.90 Å². The molecule has 3 rings (SSSR count). The van der Waals surface area contributed by atoms with Crippen LogP contribution in [0.4, 0.5) is 0 Å². The molecule has 0 aromatic heterocycles. The zero-order valence-electron chi connectivity index (χ0n) is 19.3. The van der Waals surface area contributed by atoms with E-state index >= 15 is 0 Å². The number of carbonyl (C=O) groups is 2. The molecule has 1 fully saturated rings. The summed E-state index contributed by atoms with van der Waals surface area (Å²) in [5.41, 5.74) is 7.11. The number of halogens is 1. The zero-order chi connectivity index (χ0) is 24.7. The van der Waals surface area contributed by atoms with Gasteiger partial charge in [-0.2, -0.15) is 0 Å². The number of carbonyl (C=O) groups excluding carboxylic acids is 2. The molecule has 0 bridgehead atoms. The smallest absolute Gasteiger partial charge is 0.230 e. The Bertz CT molecular complexity index is 1090. The fourth-order valence-corrected chi connectivity index (χ4v) is 6.60. The molecule has 9 heteroatoms. The fourth-order valence-electron chi connectivity index (χ4n) is 4.34. The van der Waals surface area contributed by atoms with Gasteiger partial charge in [0.15, 0.2) is 9.84 Å². The number of methoxy groups -OCH3 is 1. The van der Waals surface area contributed by atoms with E-state index in [4.69, 9.17) is 22.1 Å². The van der Waals surface area contributed by atoms with Crippen molar-refractivity contribution >= 4 is 33.3 Å². The molecule has 1 aliphatic rings. The molecule has 2 aromatic carbocycles. The zero-order valence-corrected chi connectivity index (χ0v) is 20.9. The molecule has 1 aliphatic heterocycles. The first-order chi connectivity index (χ1) is 16.2. The summed E-state index contributed by atoms with van der Waals surface area (Å²) in [7, 11) is -2.18. The number of aryl methyl sites for hydroxylation is 1. The van der Waals surface area contributed by atoms with Crippen LogP contribution in [-0.4, -0.2) is 44.2 Å². The van der Waals surface area contributed by atoms with E-state index in [1.165, 1.54) is 17.6 Å². The van der Waals surface area contributed by atoms with E-state index in [0.717, 1.165) is 25.7 Å². The summed E-state index contributed by atoms with van der Waals surface area (Å²) in [5, 5.41) is -0.308. The van der Waals surface area contributed by atoms with Gasteiger partial charge in [-0.15, -0.1) is 0 Å². The third-order valence-electron chi connectivity index (χ3n) is 6.10. The Labute approximate surface area is 206 Å². The number of rotatable bonds is 13. The Balaban J connectivity index is 1.55. The third-order valence-corrected chi connectivity index (χ3v) is 8.40. The molecule has 2 atom stereocenters. The van der Waals surface area contributed by atoms with E-state index in [2.05, 4.69) is 0 Å². The number of unbranched alkanes of at least 4 members (excludes halogenated alkanes) is 3. The second-order valence-electron chi connectivity index (χ2n) is 8.65. The molecule has 7 nitrogen and oxygen atoms in total. The average Bonchev–Trinajstić information content (AvgIpc) is 2.80. The highest BCUT2D eigenvalue weighted by molar-refractivity contribution is 7.91. The molecule has 2 aromatic rings. The molecule has 2 N–H and O–H groups in total. The van der Waals surface area contributed by atoms with Crippen molar-refractivity contribution in [3.05, 3.63) is 64.7 Å². The molecule has 0 spiro atoms. The van der Waals surface area contributed by atoms with Gasteiger partial charge in [-0.1, -0.05) is 48.7 Å². The number of sulfone groups is 1. The van der Waals surface area contributed by atoms with Crippen LogP contribution < -0.4 is 10.5 Å². The summed E-state index contributed by atoms with van der Waals surface area (Å²) in [6.45, 7) is 0.349. The normalized spacial score (nSPS) is 17.9. The Kier molecular flexibility index (Phi) is 8.97. The number of benzene rings is 2. The van der Waals surface area contributed by atoms with Crippen molar-refractivity contribution in [3.8, 4) is 5.75 Å². The summed E-state index contributed by atoms with van der Waals surface area (Å²) in [6.07, 6.45) is 4.23. The van der Waals surface area contributed by atoms with Gasteiger partial charge in [0.25, 0.3) is 0 Å². The number of ether oxygens (including phenoxy) is 1. The number of nitrogens with zero attached hydrogens (tertiary/aromatic N) is 1. The van der Waals surface area contributed by atoms with Crippen LogP contribution in [0.1, 0.15) is 43.2 Å². The predicted molar refractivity (Wildman–Crippen MR) is 132 cm³/mol. The number of β-lactam (4-membered cyclic amide) rings is 1. The monoisotopic (exact) mass is 506 g/mol. The maximum absolute atomic E-state index is 13.2. The first-order valence-electron chi connectivity index (χ1n) is 11.4. The largest absolute Gasteiger partial charge is 0.497 e. The average molecular weight is 507 g/mol. The highest BCUT2D eigenvalue weighted by atomic mass is 35.5. The van der Waals surface area contributed by atoms with Crippen molar-refractivity contribution in [2.24, 2.45) is 11.7 Å². The lowest BCUT2D eigenvalue weighted by Gasteiger charge is -2.46. The summed E-state index contributed by atoms with van der Waals surface area (Å²) in [4.78, 5) is 25.5. The van der Waals surface area contributed by atoms with E-state index in [9.17, 15) is 18.0 Å². The Morgan fingerprint density at radius 1 is 1.00 bits per heavy atom. The van der Waals surface area contributed by atoms with E-state index in [1.54, 1.807) is 24.3 Å². The predicted octanol–water partition coefficient (Wildman–Crippen LogP) is 3.73. The molecular weight excluding hydrogens is 476 g/mol. The van der Waals surface area contributed by atoms with Crippen LogP contribution in [0.15, 0.2) is 48.5 Å². The van der Waals surface area contributed by atoms with Crippen LogP contribution in [0.2, 0.25) is 5.02 Å². The molecule has 2 amide bonds. The summed E-state index contributed by atoms with van der Waals surface area (Å²) >= 11 is 5.91. The van der Waals surface area contributed by atoms with Crippen LogP contribution in [0, 0.1) is 5.92 Å². The fraction of sp³-hybridized carbons (Fsp3) is 0.440. The van der Waals surface area contributed by atoms with Crippen molar-refractivity contribution in [3.63, 3.8) is 0 Å². The van der Waals surface area contributed by atoms with Gasteiger partial charge in [-0.25, -0.2) is 8.42 Å². The number of primary amides is 1. The third kappa shape index (κ3) is 6.73. The minimum Gasteiger partial charge on any atom is -0.497 e. The molecular formula is C25H31ClN2O5S. The second kappa shape index (κ2) is 11.7. The van der Waals surface area contributed by atoms with Gasteiger partial charge in [0.2, 0.25) is 11.8 Å². The van der Waals surface area contributed by atoms with E-state index in [0.29, 0.717) is 29.3 Å². The lowest BCUT2D eigenvalue weighted by atomic mass is 9.93. The number of hydrogen-bond acceptors (Lipinski definition) is 5. The van der Waals surface area contributed by atoms with Gasteiger partial charge < -0.3 is 15.4 Å². The first kappa shape index (κ1) is 26.0. The summed E-state index contributed by atoms with van der Waals surface area (Å²) in [6, 6.07) is 14.5. The van der Waals surface area contributed by atoms with Gasteiger partial charge >= 0.3 is 0 Å². The standard InChI is InChI=1S/C25H31ClN2O5S/c1-33-21-13-9-19(10-14-21)17-34(31,32)25-22(16-23(27)29)24(30)28(25)15-5-3-2-4-6-18-7-11-20(26)12-8-18/h7-14,22,25H,2-6,15-17H2,1H3,(H2,27,29). The topological polar surface area (TPSA) is 107 Å². The Morgan fingerprint density at radius 2 is 1.62 bits per heavy atom. The van der Waals surface area contributed by atoms with Gasteiger partial charge in [0, 0.05) is 18.0 Å². The molecule has 184 valence electrons. The number of amides is 2. The molecule has 34 heavy (non-hydrogen) atoms. The molecule has 1 heterocycles. The Morgan fingerprint density at radius 3 is 2.24 bits per heavy atom. The van der Waals surface area contributed by atoms with Crippen molar-refractivity contribution in [1.29, 1.82) is 0 Å². The van der Waals surface area contributed by atoms with Crippen LogP contribution in [-0.2, 0) is 31.6 Å². The van der Waals surface area contributed by atoms with Gasteiger partial charge in [0.1, 0.15) is 11.1 Å². The van der Waals surface area contributed by atoms with Crippen LogP contribution in [0.3, 0.4) is 0 Å². The van der Waals surface area contributed by atoms with Crippen LogP contribution in [0.25, 0.3) is 0 Å². The minimum atomic E-state index is -3.71. The lowest BCUT2D eigenvalue weighted by molar-refractivity contribution is -0.153. The van der Waals surface area contributed by atoms with Gasteiger partial charge in [-0.05, 0) is 54.7 Å². The number of likely N-dealkylation sites (tertiary alicyclic amines) is 1. The van der Waals surface area contributed by atoms with Crippen molar-refractivity contribution in [2.45, 2.75) is 49.7 Å². The lowest BCUT2D eigenvalue weighted by Crippen LogP contribution is -2.65. The van der Waals surface area contributed by atoms with Crippen molar-refractivity contribution in [2.75, 3.05) is 13.7 Å². The van der Waals surface area contributed by atoms with Crippen molar-refractivity contribution < 1.29 is 22.7 Å². The first-order valence-corrected chi connectivity index (χ1v) is 13.5. The maximum atomic E-state index is 13.2. The van der Waals surface area contributed by atoms with Gasteiger partial charge in [0.05, 0.1) is 18.8 Å². The van der Waals surface area contributed by atoms with E-state index in [1.807, 2.05) is 24.3 Å². The van der Waals surface area contributed by atoms with Crippen LogP contribution in [0.5, 0.6) is 5.75 Å². The number of hydrogen-bond donors (Lipinski definition) is 1. The second-order valence-corrected chi connectivity index (χ2v) is 11.2. The molecule has 0 saturated carbocycles. The molecule has 1 saturated heterocycles.